The summed E-state index contributed by atoms with van der Waals surface area (Å²) in [6.45, 7) is 2.02. The molecule has 0 aliphatic rings. The molecule has 5 heteroatoms. The predicted molar refractivity (Wildman–Crippen MR) is 97.2 cm³/mol. The van der Waals surface area contributed by atoms with Crippen LogP contribution in [-0.2, 0) is 0 Å². The van der Waals surface area contributed by atoms with Crippen LogP contribution in [0.15, 0.2) is 70.0 Å². The first kappa shape index (κ1) is 14.7. The van der Waals surface area contributed by atoms with Gasteiger partial charge in [-0.1, -0.05) is 36.4 Å². The largest absolute Gasteiger partial charge is 0.422 e. The van der Waals surface area contributed by atoms with Gasteiger partial charge in [0.15, 0.2) is 4.77 Å². The van der Waals surface area contributed by atoms with E-state index in [2.05, 4.69) is 4.98 Å². The van der Waals surface area contributed by atoms with E-state index in [9.17, 15) is 4.79 Å². The van der Waals surface area contributed by atoms with E-state index in [1.54, 1.807) is 6.07 Å². The van der Waals surface area contributed by atoms with Gasteiger partial charge in [0.25, 0.3) is 0 Å². The molecule has 0 aliphatic carbocycles. The minimum atomic E-state index is -0.387. The zero-order chi connectivity index (χ0) is 16.7. The number of para-hydroxylation sites is 2. The highest BCUT2D eigenvalue weighted by atomic mass is 32.1. The zero-order valence-corrected chi connectivity index (χ0v) is 13.8. The van der Waals surface area contributed by atoms with E-state index in [1.807, 2.05) is 66.2 Å². The Hall–Kier alpha value is -2.92. The van der Waals surface area contributed by atoms with Gasteiger partial charge in [0.1, 0.15) is 5.58 Å². The summed E-state index contributed by atoms with van der Waals surface area (Å²) in [5.41, 5.74) is 3.37. The number of rotatable bonds is 2. The summed E-state index contributed by atoms with van der Waals surface area (Å²) in [5.74, 6) is 0. The lowest BCUT2D eigenvalue weighted by molar-refractivity contribution is 0.563. The van der Waals surface area contributed by atoms with E-state index < -0.39 is 0 Å². The maximum Gasteiger partial charge on any atom is 0.345 e. The van der Waals surface area contributed by atoms with E-state index >= 15 is 0 Å². The van der Waals surface area contributed by atoms with Gasteiger partial charge in [0.05, 0.1) is 16.9 Å². The number of aryl methyl sites for hydroxylation is 1. The molecular formula is C19H14N2O2S. The average molecular weight is 334 g/mol. The number of nitrogens with zero attached hydrogens (tertiary/aromatic N) is 1. The molecule has 0 saturated carbocycles. The van der Waals surface area contributed by atoms with E-state index in [-0.39, 0.29) is 5.63 Å². The maximum absolute atomic E-state index is 12.3. The first-order valence-electron chi connectivity index (χ1n) is 7.54. The van der Waals surface area contributed by atoms with Crippen LogP contribution in [0.5, 0.6) is 0 Å². The topological polar surface area (TPSA) is 50.9 Å². The second-order valence-electron chi connectivity index (χ2n) is 5.61. The highest BCUT2D eigenvalue weighted by Gasteiger charge is 2.12. The third kappa shape index (κ3) is 2.39. The molecular weight excluding hydrogens is 320 g/mol. The second kappa shape index (κ2) is 5.62. The van der Waals surface area contributed by atoms with E-state index in [1.165, 1.54) is 0 Å². The fraction of sp³-hybridized carbons (Fsp3) is 0.0526. The number of aromatic amines is 1. The van der Waals surface area contributed by atoms with Crippen LogP contribution in [0.4, 0.5) is 0 Å². The van der Waals surface area contributed by atoms with Gasteiger partial charge in [-0.15, -0.1) is 0 Å². The SMILES string of the molecule is Cc1ccccc1-n1cc(-c2cc3ccccc3oc2=O)[nH]c1=S. The molecule has 0 radical (unpaired) electrons. The number of H-pyrrole nitrogens is 1. The summed E-state index contributed by atoms with van der Waals surface area (Å²) in [7, 11) is 0. The van der Waals surface area contributed by atoms with Gasteiger partial charge in [-0.25, -0.2) is 4.79 Å². The van der Waals surface area contributed by atoms with Gasteiger partial charge in [0, 0.05) is 11.6 Å². The molecule has 0 bridgehead atoms. The fourth-order valence-electron chi connectivity index (χ4n) is 2.79. The number of fused-ring (bicyclic) bond motifs is 1. The van der Waals surface area contributed by atoms with Crippen molar-refractivity contribution in [1.82, 2.24) is 9.55 Å². The summed E-state index contributed by atoms with van der Waals surface area (Å²) in [6.07, 6.45) is 1.84. The summed E-state index contributed by atoms with van der Waals surface area (Å²) in [5, 5.41) is 0.870. The van der Waals surface area contributed by atoms with Crippen molar-refractivity contribution in [2.75, 3.05) is 0 Å². The van der Waals surface area contributed by atoms with Crippen LogP contribution in [-0.4, -0.2) is 9.55 Å². The smallest absolute Gasteiger partial charge is 0.345 e. The van der Waals surface area contributed by atoms with Crippen molar-refractivity contribution >= 4 is 23.2 Å². The third-order valence-electron chi connectivity index (χ3n) is 4.03. The molecule has 0 aliphatic heterocycles. The maximum atomic E-state index is 12.3. The van der Waals surface area contributed by atoms with Crippen molar-refractivity contribution in [2.24, 2.45) is 0 Å². The monoisotopic (exact) mass is 334 g/mol. The Labute approximate surface area is 143 Å². The lowest BCUT2D eigenvalue weighted by Crippen LogP contribution is -2.02. The van der Waals surface area contributed by atoms with Crippen molar-refractivity contribution in [3.63, 3.8) is 0 Å². The van der Waals surface area contributed by atoms with E-state index in [0.717, 1.165) is 16.6 Å². The molecule has 0 unspecified atom stereocenters. The minimum Gasteiger partial charge on any atom is -0.422 e. The molecule has 2 aromatic heterocycles. The summed E-state index contributed by atoms with van der Waals surface area (Å²) >= 11 is 5.43. The predicted octanol–water partition coefficient (Wildman–Crippen LogP) is 4.62. The Morgan fingerprint density at radius 1 is 1.08 bits per heavy atom. The molecule has 4 aromatic rings. The molecule has 0 fully saturated rings. The molecule has 1 N–H and O–H groups in total. The third-order valence-corrected chi connectivity index (χ3v) is 4.32. The lowest BCUT2D eigenvalue weighted by Gasteiger charge is -2.05. The van der Waals surface area contributed by atoms with Crippen LogP contribution >= 0.6 is 12.2 Å². The number of aromatic nitrogens is 2. The van der Waals surface area contributed by atoms with Crippen LogP contribution in [0.3, 0.4) is 0 Å². The summed E-state index contributed by atoms with van der Waals surface area (Å²) in [6, 6.07) is 17.2. The van der Waals surface area contributed by atoms with Crippen molar-refractivity contribution in [3.05, 3.63) is 81.5 Å². The van der Waals surface area contributed by atoms with Gasteiger partial charge >= 0.3 is 5.63 Å². The summed E-state index contributed by atoms with van der Waals surface area (Å²) < 4.78 is 7.81. The molecule has 2 aromatic carbocycles. The zero-order valence-electron chi connectivity index (χ0n) is 12.9. The van der Waals surface area contributed by atoms with Gasteiger partial charge in [-0.2, -0.15) is 0 Å². The van der Waals surface area contributed by atoms with Gasteiger partial charge in [-0.3, -0.25) is 4.57 Å². The summed E-state index contributed by atoms with van der Waals surface area (Å²) in [4.78, 5) is 15.4. The minimum absolute atomic E-state index is 0.387. The Kier molecular flexibility index (Phi) is 3.43. The Balaban J connectivity index is 1.92. The number of hydrogen-bond donors (Lipinski definition) is 1. The normalized spacial score (nSPS) is 11.0. The quantitative estimate of drug-likeness (QED) is 0.430. The number of hydrogen-bond acceptors (Lipinski definition) is 3. The molecule has 2 heterocycles. The lowest BCUT2D eigenvalue weighted by atomic mass is 10.1. The first-order valence-corrected chi connectivity index (χ1v) is 7.95. The Morgan fingerprint density at radius 2 is 1.83 bits per heavy atom. The van der Waals surface area contributed by atoms with Crippen LogP contribution in [0.2, 0.25) is 0 Å². The highest BCUT2D eigenvalue weighted by molar-refractivity contribution is 7.71. The molecule has 4 rings (SSSR count). The molecule has 0 atom stereocenters. The van der Waals surface area contributed by atoms with Crippen LogP contribution in [0.25, 0.3) is 27.9 Å². The Morgan fingerprint density at radius 3 is 2.67 bits per heavy atom. The van der Waals surface area contributed by atoms with Crippen LogP contribution < -0.4 is 5.63 Å². The Bertz CT molecular complexity index is 1170. The first-order chi connectivity index (χ1) is 11.6. The van der Waals surface area contributed by atoms with Crippen LogP contribution in [0.1, 0.15) is 5.56 Å². The second-order valence-corrected chi connectivity index (χ2v) is 6.00. The molecule has 118 valence electrons. The fourth-order valence-corrected chi connectivity index (χ4v) is 3.06. The number of imidazole rings is 1. The number of benzene rings is 2. The molecule has 0 amide bonds. The average Bonchev–Trinajstić information content (AvgIpc) is 2.96. The molecule has 4 nitrogen and oxygen atoms in total. The van der Waals surface area contributed by atoms with E-state index in [4.69, 9.17) is 16.6 Å². The van der Waals surface area contributed by atoms with Crippen molar-refractivity contribution < 1.29 is 4.42 Å². The van der Waals surface area contributed by atoms with Crippen molar-refractivity contribution in [3.8, 4) is 16.9 Å². The molecule has 0 spiro atoms. The highest BCUT2D eigenvalue weighted by Crippen LogP contribution is 2.22. The van der Waals surface area contributed by atoms with Crippen molar-refractivity contribution in [1.29, 1.82) is 0 Å². The molecule has 24 heavy (non-hydrogen) atoms. The standard InChI is InChI=1S/C19H14N2O2S/c1-12-6-2-4-8-16(12)21-11-15(20-19(21)24)14-10-13-7-3-5-9-17(13)23-18(14)22/h2-11H,1H3,(H,20,24). The van der Waals surface area contributed by atoms with Crippen LogP contribution in [0, 0.1) is 11.7 Å². The van der Waals surface area contributed by atoms with Crippen molar-refractivity contribution in [2.45, 2.75) is 6.92 Å². The van der Waals surface area contributed by atoms with E-state index in [0.29, 0.717) is 21.6 Å². The number of nitrogens with one attached hydrogen (secondary N) is 1. The molecule has 0 saturated heterocycles. The van der Waals surface area contributed by atoms with Gasteiger partial charge < -0.3 is 9.40 Å². The van der Waals surface area contributed by atoms with Gasteiger partial charge in [-0.05, 0) is 42.9 Å². The van der Waals surface area contributed by atoms with Gasteiger partial charge in [0.2, 0.25) is 0 Å².